The van der Waals surface area contributed by atoms with Crippen molar-refractivity contribution in [1.29, 1.82) is 0 Å². The number of benzene rings is 4. The average molecular weight is 245 g/mol. The van der Waals surface area contributed by atoms with Gasteiger partial charge >= 0.3 is 0 Å². The molecule has 1 radical (unpaired) electrons. The van der Waals surface area contributed by atoms with E-state index in [4.69, 9.17) is 0 Å². The monoisotopic (exact) mass is 245 g/mol. The zero-order chi connectivity index (χ0) is 12.8. The van der Waals surface area contributed by atoms with E-state index in [-0.39, 0.29) is 5.82 Å². The fraction of sp³-hybridized carbons (Fsp3) is 0. The first kappa shape index (κ1) is 10.5. The lowest BCUT2D eigenvalue weighted by Gasteiger charge is -2.06. The maximum atomic E-state index is 13.4. The normalized spacial score (nSPS) is 11.4. The van der Waals surface area contributed by atoms with Gasteiger partial charge in [-0.15, -0.1) is 0 Å². The van der Waals surface area contributed by atoms with Crippen LogP contribution < -0.4 is 0 Å². The van der Waals surface area contributed by atoms with Gasteiger partial charge in [0.25, 0.3) is 0 Å². The minimum Gasteiger partial charge on any atom is -0.206 e. The molecule has 0 spiro atoms. The Balaban J connectivity index is 2.25. The summed E-state index contributed by atoms with van der Waals surface area (Å²) in [5, 5.41) is 6.40. The molecule has 0 fully saturated rings. The molecule has 19 heavy (non-hydrogen) atoms. The van der Waals surface area contributed by atoms with Crippen LogP contribution in [0.3, 0.4) is 0 Å². The molecule has 0 nitrogen and oxygen atoms in total. The van der Waals surface area contributed by atoms with Crippen molar-refractivity contribution in [3.63, 3.8) is 0 Å². The highest BCUT2D eigenvalue weighted by molar-refractivity contribution is 6.11. The van der Waals surface area contributed by atoms with Gasteiger partial charge in [0.15, 0.2) is 0 Å². The van der Waals surface area contributed by atoms with E-state index in [0.717, 1.165) is 21.5 Å². The van der Waals surface area contributed by atoms with Crippen LogP contribution in [0.2, 0.25) is 0 Å². The van der Waals surface area contributed by atoms with E-state index >= 15 is 0 Å². The molecule has 0 amide bonds. The fourth-order valence-electron chi connectivity index (χ4n) is 2.63. The number of halogens is 1. The van der Waals surface area contributed by atoms with Gasteiger partial charge in [-0.05, 0) is 45.1 Å². The van der Waals surface area contributed by atoms with Crippen LogP contribution in [0.15, 0.2) is 60.7 Å². The molecule has 0 unspecified atom stereocenters. The Kier molecular flexibility index (Phi) is 2.10. The first-order chi connectivity index (χ1) is 9.31. The molecule has 0 N–H and O–H groups in total. The van der Waals surface area contributed by atoms with Crippen molar-refractivity contribution in [2.24, 2.45) is 0 Å². The second-order valence-electron chi connectivity index (χ2n) is 4.76. The van der Waals surface area contributed by atoms with E-state index in [1.807, 2.05) is 18.2 Å². The molecular formula is C18H10F. The zero-order valence-corrected chi connectivity index (χ0v) is 10.2. The summed E-state index contributed by atoms with van der Waals surface area (Å²) in [6, 6.07) is 22.7. The average Bonchev–Trinajstić information content (AvgIpc) is 2.45. The van der Waals surface area contributed by atoms with Crippen LogP contribution in [0.5, 0.6) is 0 Å². The summed E-state index contributed by atoms with van der Waals surface area (Å²) in [6.07, 6.45) is 0. The third kappa shape index (κ3) is 1.59. The summed E-state index contributed by atoms with van der Waals surface area (Å²) in [6.45, 7) is 0. The molecule has 4 aromatic carbocycles. The third-order valence-electron chi connectivity index (χ3n) is 3.57. The van der Waals surface area contributed by atoms with Crippen molar-refractivity contribution in [2.75, 3.05) is 0 Å². The van der Waals surface area contributed by atoms with Crippen molar-refractivity contribution in [3.8, 4) is 0 Å². The van der Waals surface area contributed by atoms with E-state index < -0.39 is 0 Å². The molecule has 4 rings (SSSR count). The summed E-state index contributed by atoms with van der Waals surface area (Å²) in [5.74, 6) is -0.312. The summed E-state index contributed by atoms with van der Waals surface area (Å²) >= 11 is 0. The van der Waals surface area contributed by atoms with Crippen molar-refractivity contribution in [1.82, 2.24) is 0 Å². The highest BCUT2D eigenvalue weighted by Gasteiger charge is 2.04. The number of hydrogen-bond donors (Lipinski definition) is 0. The largest absolute Gasteiger partial charge is 0.206 e. The highest BCUT2D eigenvalue weighted by atomic mass is 19.1. The summed E-state index contributed by atoms with van der Waals surface area (Å²) in [5.41, 5.74) is 0. The molecule has 0 aliphatic rings. The lowest BCUT2D eigenvalue weighted by atomic mass is 9.98. The van der Waals surface area contributed by atoms with Crippen LogP contribution in [-0.2, 0) is 0 Å². The summed E-state index contributed by atoms with van der Waals surface area (Å²) < 4.78 is 13.4. The molecule has 0 atom stereocenters. The van der Waals surface area contributed by atoms with Crippen LogP contribution >= 0.6 is 0 Å². The Labute approximate surface area is 110 Å². The smallest absolute Gasteiger partial charge is 0.131 e. The molecule has 0 heterocycles. The zero-order valence-electron chi connectivity index (χ0n) is 10.2. The molecule has 89 valence electrons. The van der Waals surface area contributed by atoms with Crippen LogP contribution in [0.4, 0.5) is 4.39 Å². The molecule has 0 aliphatic heterocycles. The summed E-state index contributed by atoms with van der Waals surface area (Å²) in [7, 11) is 0. The van der Waals surface area contributed by atoms with Crippen molar-refractivity contribution in [3.05, 3.63) is 72.5 Å². The van der Waals surface area contributed by atoms with Crippen molar-refractivity contribution >= 4 is 32.3 Å². The molecule has 0 bridgehead atoms. The minimum atomic E-state index is -0.312. The summed E-state index contributed by atoms with van der Waals surface area (Å²) in [4.78, 5) is 0. The SMILES string of the molecule is Fc1[c]c2c(cc1)ccc1cc3ccccc3cc12. The van der Waals surface area contributed by atoms with Crippen LogP contribution in [-0.4, -0.2) is 0 Å². The van der Waals surface area contributed by atoms with Gasteiger partial charge < -0.3 is 0 Å². The van der Waals surface area contributed by atoms with Gasteiger partial charge in [-0.3, -0.25) is 0 Å². The molecule has 0 saturated heterocycles. The third-order valence-corrected chi connectivity index (χ3v) is 3.57. The molecule has 1 heteroatoms. The predicted molar refractivity (Wildman–Crippen MR) is 77.8 cm³/mol. The highest BCUT2D eigenvalue weighted by Crippen LogP contribution is 2.29. The number of rotatable bonds is 0. The van der Waals surface area contributed by atoms with Gasteiger partial charge in [0.2, 0.25) is 0 Å². The second kappa shape index (κ2) is 3.79. The molecule has 0 saturated carbocycles. The lowest BCUT2D eigenvalue weighted by Crippen LogP contribution is -1.81. The van der Waals surface area contributed by atoms with Crippen LogP contribution in [0.25, 0.3) is 32.3 Å². The van der Waals surface area contributed by atoms with E-state index in [1.54, 1.807) is 6.07 Å². The maximum Gasteiger partial charge on any atom is 0.131 e. The number of fused-ring (bicyclic) bond motifs is 4. The topological polar surface area (TPSA) is 0 Å². The van der Waals surface area contributed by atoms with Gasteiger partial charge in [-0.2, -0.15) is 0 Å². The Morgan fingerprint density at radius 1 is 0.684 bits per heavy atom. The molecule has 4 aromatic rings. The quantitative estimate of drug-likeness (QED) is 0.299. The Hall–Kier alpha value is -2.41. The van der Waals surface area contributed by atoms with Crippen LogP contribution in [0.1, 0.15) is 0 Å². The molecule has 0 aliphatic carbocycles. The standard InChI is InChI=1S/C18H10F/c19-16-8-7-12-5-6-15-9-13-3-1-2-4-14(13)10-17(15)18(12)11-16/h1-10H. The minimum absolute atomic E-state index is 0.312. The van der Waals surface area contributed by atoms with Gasteiger partial charge in [0.05, 0.1) is 0 Å². The van der Waals surface area contributed by atoms with Gasteiger partial charge in [-0.25, -0.2) is 4.39 Å². The van der Waals surface area contributed by atoms with Gasteiger partial charge in [-0.1, -0.05) is 42.5 Å². The van der Waals surface area contributed by atoms with E-state index in [2.05, 4.69) is 36.4 Å². The Morgan fingerprint density at radius 3 is 2.21 bits per heavy atom. The maximum absolute atomic E-state index is 13.4. The second-order valence-corrected chi connectivity index (χ2v) is 4.76. The lowest BCUT2D eigenvalue weighted by molar-refractivity contribution is 0.627. The van der Waals surface area contributed by atoms with E-state index in [1.165, 1.54) is 16.8 Å². The van der Waals surface area contributed by atoms with Crippen molar-refractivity contribution in [2.45, 2.75) is 0 Å². The molecular weight excluding hydrogens is 235 g/mol. The molecule has 0 aromatic heterocycles. The van der Waals surface area contributed by atoms with Crippen LogP contribution in [0, 0.1) is 11.9 Å². The van der Waals surface area contributed by atoms with Gasteiger partial charge in [0.1, 0.15) is 5.82 Å². The first-order valence-corrected chi connectivity index (χ1v) is 6.24. The van der Waals surface area contributed by atoms with E-state index in [0.29, 0.717) is 0 Å². The predicted octanol–water partition coefficient (Wildman–Crippen LogP) is 5.09. The fourth-order valence-corrected chi connectivity index (χ4v) is 2.63. The Morgan fingerprint density at radius 2 is 1.37 bits per heavy atom. The first-order valence-electron chi connectivity index (χ1n) is 6.24. The van der Waals surface area contributed by atoms with Gasteiger partial charge in [0, 0.05) is 11.5 Å². The van der Waals surface area contributed by atoms with Crippen molar-refractivity contribution < 1.29 is 4.39 Å². The van der Waals surface area contributed by atoms with E-state index in [9.17, 15) is 4.39 Å². The Bertz CT molecular complexity index is 922. The number of hydrogen-bond acceptors (Lipinski definition) is 0.